The lowest BCUT2D eigenvalue weighted by atomic mass is 9.99. The second kappa shape index (κ2) is 47.0. The number of aromatic nitrogens is 2. The van der Waals surface area contributed by atoms with E-state index in [4.69, 9.17) is 40.1 Å². The van der Waals surface area contributed by atoms with Gasteiger partial charge in [0.1, 0.15) is 66.2 Å². The Morgan fingerprint density at radius 2 is 0.798 bits per heavy atom. The zero-order valence-corrected chi connectivity index (χ0v) is 60.6. The molecule has 0 bridgehead atoms. The van der Waals surface area contributed by atoms with Gasteiger partial charge in [-0.2, -0.15) is 11.8 Å². The van der Waals surface area contributed by atoms with E-state index < -0.39 is 181 Å². The van der Waals surface area contributed by atoms with Crippen molar-refractivity contribution in [2.24, 2.45) is 67.9 Å². The number of aliphatic imine (C=N–C) groups is 2. The molecule has 0 aliphatic heterocycles. The van der Waals surface area contributed by atoms with Crippen LogP contribution in [0, 0.1) is 17.8 Å². The van der Waals surface area contributed by atoms with Crippen LogP contribution in [0.1, 0.15) is 143 Å². The summed E-state index contributed by atoms with van der Waals surface area (Å²) in [6.45, 7) is 10.3. The third-order valence-electron chi connectivity index (χ3n) is 15.7. The Kier molecular flexibility index (Phi) is 40.6. The summed E-state index contributed by atoms with van der Waals surface area (Å²) in [6.07, 6.45) is 0.818. The van der Waals surface area contributed by atoms with Crippen LogP contribution in [0.25, 0.3) is 0 Å². The van der Waals surface area contributed by atoms with Crippen LogP contribution in [0.5, 0.6) is 5.75 Å². The van der Waals surface area contributed by atoms with E-state index in [1.54, 1.807) is 47.8 Å². The van der Waals surface area contributed by atoms with Crippen molar-refractivity contribution in [2.75, 3.05) is 25.1 Å². The standard InChI is InChI=1S/C65H107N21O17S/c1-33(2)26-45(83-62(101)48(30-37-31-73-32-76-37)85-58(97)44(22-25-104-7)81-54(93)40(10-8-23-74-64(69)70)77-53(92)39(66)16-19-50(67)88)59(98)78-41(11-9-24-75-65(71)72)55(94)79-42(17-20-51(68)89)56(95)84-47(29-36-12-14-38(87)15-13-36)61(100)80-43(18-21-52(90)91)57(96)82-46(27-34(3)4)60(99)86-49(63(102)103)28-35(5)6/h12-15,31-35,39-49,87H,8-11,16-30,66H2,1-7H3,(H2,67,88)(H2,68,89)(H,73,76)(H,77,92)(H,78,98)(H,79,94)(H,80,100)(H,81,93)(H,82,96)(H,83,101)(H,84,95)(H,85,97)(H,86,99)(H,90,91)(H,102,103)(H4,69,70,74)(H4,71,72,75)/t39-,40-,41-,42-,43-,44-,45-,46-,47-,48-,49-/m0/s1. The SMILES string of the molecule is CSCC[C@H](NC(=O)[C@H](CCCN=C(N)N)NC(=O)[C@@H](N)CCC(N)=O)C(=O)N[C@@H](Cc1cnc[nH]1)C(=O)N[C@@H](CC(C)C)C(=O)N[C@@H](CCCN=C(N)N)C(=O)N[C@@H](CCC(N)=O)C(=O)N[C@@H](Cc1ccc(O)cc1)C(=O)N[C@@H](CCC(=O)O)C(=O)N[C@@H](CC(C)C)C(=O)N[C@@H](CC(C)C)C(=O)O. The maximum atomic E-state index is 14.8. The Bertz CT molecular complexity index is 3240. The van der Waals surface area contributed by atoms with Gasteiger partial charge in [-0.15, -0.1) is 0 Å². The molecule has 0 radical (unpaired) electrons. The first kappa shape index (κ1) is 89.7. The molecule has 104 heavy (non-hydrogen) atoms. The van der Waals surface area contributed by atoms with Gasteiger partial charge >= 0.3 is 11.9 Å². The number of benzene rings is 1. The van der Waals surface area contributed by atoms with Gasteiger partial charge in [0, 0.05) is 57.1 Å². The number of rotatable bonds is 51. The van der Waals surface area contributed by atoms with Crippen LogP contribution in [-0.2, 0) is 80.0 Å². The first-order chi connectivity index (χ1) is 48.9. The predicted octanol–water partition coefficient (Wildman–Crippen LogP) is -4.45. The summed E-state index contributed by atoms with van der Waals surface area (Å²) < 4.78 is 0. The van der Waals surface area contributed by atoms with E-state index in [9.17, 15) is 82.4 Å². The molecule has 11 atom stereocenters. The van der Waals surface area contributed by atoms with Gasteiger partial charge in [0.05, 0.1) is 12.4 Å². The van der Waals surface area contributed by atoms with E-state index in [1.807, 2.05) is 0 Å². The number of primary amides is 2. The van der Waals surface area contributed by atoms with Crippen LogP contribution in [0.15, 0.2) is 46.8 Å². The third-order valence-corrected chi connectivity index (χ3v) is 16.3. The van der Waals surface area contributed by atoms with Crippen molar-refractivity contribution in [3.05, 3.63) is 48.0 Å². The number of nitrogens with zero attached hydrogens (tertiary/aromatic N) is 3. The number of nitrogens with two attached hydrogens (primary N) is 7. The van der Waals surface area contributed by atoms with Crippen molar-refractivity contribution < 1.29 is 82.4 Å². The zero-order chi connectivity index (χ0) is 78.3. The van der Waals surface area contributed by atoms with E-state index in [2.05, 4.69) is 73.1 Å². The number of hydrogen-bond donors (Lipinski definition) is 21. The Morgan fingerprint density at radius 1 is 0.452 bits per heavy atom. The number of thioether (sulfide) groups is 1. The van der Waals surface area contributed by atoms with Crippen LogP contribution >= 0.6 is 11.8 Å². The highest BCUT2D eigenvalue weighted by Gasteiger charge is 2.37. The van der Waals surface area contributed by atoms with Crippen LogP contribution in [-0.4, -0.2) is 212 Å². The van der Waals surface area contributed by atoms with Crippen molar-refractivity contribution in [2.45, 2.75) is 211 Å². The average molecular weight is 1490 g/mol. The number of carboxylic acids is 2. The van der Waals surface area contributed by atoms with Gasteiger partial charge in [0.25, 0.3) is 0 Å². The number of aliphatic carboxylic acids is 2. The molecule has 0 unspecified atom stereocenters. The summed E-state index contributed by atoms with van der Waals surface area (Å²) >= 11 is 1.33. The Hall–Kier alpha value is -10.3. The summed E-state index contributed by atoms with van der Waals surface area (Å²) in [4.78, 5) is 206. The minimum atomic E-state index is -1.75. The predicted molar refractivity (Wildman–Crippen MR) is 384 cm³/mol. The third kappa shape index (κ3) is 36.5. The summed E-state index contributed by atoms with van der Waals surface area (Å²) in [5.41, 5.74) is 39.6. The van der Waals surface area contributed by atoms with Crippen molar-refractivity contribution in [3.63, 3.8) is 0 Å². The van der Waals surface area contributed by atoms with E-state index in [0.717, 1.165) is 0 Å². The molecule has 580 valence electrons. The van der Waals surface area contributed by atoms with Crippen molar-refractivity contribution in [3.8, 4) is 5.75 Å². The van der Waals surface area contributed by atoms with E-state index >= 15 is 0 Å². The number of H-pyrrole nitrogens is 1. The zero-order valence-electron chi connectivity index (χ0n) is 59.8. The number of aromatic amines is 1. The number of aromatic hydroxyl groups is 1. The number of imidazole rings is 1. The second-order valence-corrected chi connectivity index (χ2v) is 27.2. The fourth-order valence-electron chi connectivity index (χ4n) is 10.3. The molecule has 0 spiro atoms. The minimum Gasteiger partial charge on any atom is -0.508 e. The summed E-state index contributed by atoms with van der Waals surface area (Å²) in [5, 5.41) is 55.4. The fourth-order valence-corrected chi connectivity index (χ4v) is 10.8. The Morgan fingerprint density at radius 3 is 1.18 bits per heavy atom. The van der Waals surface area contributed by atoms with Crippen LogP contribution in [0.4, 0.5) is 0 Å². The smallest absolute Gasteiger partial charge is 0.326 e. The molecule has 28 N–H and O–H groups in total. The number of carboxylic acid groups (broad SMARTS) is 2. The van der Waals surface area contributed by atoms with Crippen molar-refractivity contribution in [1.82, 2.24) is 63.1 Å². The lowest BCUT2D eigenvalue weighted by molar-refractivity contribution is -0.143. The average Bonchev–Trinajstić information content (AvgIpc) is 0.938. The molecule has 12 amide bonds. The highest BCUT2D eigenvalue weighted by Crippen LogP contribution is 2.17. The number of guanidine groups is 2. The highest BCUT2D eigenvalue weighted by molar-refractivity contribution is 7.98. The molecule has 0 fully saturated rings. The fraction of sp³-hybridized carbons (Fsp3) is 0.615. The summed E-state index contributed by atoms with van der Waals surface area (Å²) in [7, 11) is 0. The van der Waals surface area contributed by atoms with Gasteiger partial charge in [0.2, 0.25) is 70.9 Å². The molecule has 1 heterocycles. The van der Waals surface area contributed by atoms with Gasteiger partial charge in [0.15, 0.2) is 11.9 Å². The molecule has 1 aromatic carbocycles. The topological polar surface area (TPSA) is 656 Å². The van der Waals surface area contributed by atoms with E-state index in [1.165, 1.54) is 48.6 Å². The molecular formula is C65H107N21O17S. The van der Waals surface area contributed by atoms with Crippen LogP contribution in [0.2, 0.25) is 0 Å². The van der Waals surface area contributed by atoms with Crippen LogP contribution in [0.3, 0.4) is 0 Å². The summed E-state index contributed by atoms with van der Waals surface area (Å²) in [6, 6.07) is -11.1. The molecule has 0 aliphatic rings. The Balaban J connectivity index is 2.67. The first-order valence-corrected chi connectivity index (χ1v) is 35.4. The molecule has 0 saturated carbocycles. The van der Waals surface area contributed by atoms with E-state index in [-0.39, 0.29) is 119 Å². The number of carbonyl (C=O) groups is 14. The molecule has 38 nitrogen and oxygen atoms in total. The normalized spacial score (nSPS) is 14.3. The molecule has 39 heteroatoms. The number of phenols is 1. The maximum Gasteiger partial charge on any atom is 0.326 e. The molecule has 2 aromatic rings. The molecule has 0 saturated heterocycles. The van der Waals surface area contributed by atoms with Crippen molar-refractivity contribution >= 4 is 107 Å². The van der Waals surface area contributed by atoms with Gasteiger partial charge in [-0.05, 0) is 118 Å². The van der Waals surface area contributed by atoms with E-state index in [0.29, 0.717) is 17.0 Å². The molecular weight excluding hydrogens is 1380 g/mol. The largest absolute Gasteiger partial charge is 0.508 e. The number of hydrogen-bond acceptors (Lipinski definition) is 20. The number of carbonyl (C=O) groups excluding carboxylic acids is 12. The van der Waals surface area contributed by atoms with Gasteiger partial charge in [-0.3, -0.25) is 72.3 Å². The lowest BCUT2D eigenvalue weighted by Gasteiger charge is -2.29. The summed E-state index contributed by atoms with van der Waals surface area (Å²) in [5.74, 6) is -15.2. The van der Waals surface area contributed by atoms with Crippen molar-refractivity contribution in [1.29, 1.82) is 0 Å². The lowest BCUT2D eigenvalue weighted by Crippen LogP contribution is -2.61. The maximum absolute atomic E-state index is 14.8. The number of phenolic OH excluding ortho intramolecular Hbond substituents is 1. The second-order valence-electron chi connectivity index (χ2n) is 26.2. The molecule has 1 aromatic heterocycles. The minimum absolute atomic E-state index is 0.00507. The highest BCUT2D eigenvalue weighted by atomic mass is 32.2. The van der Waals surface area contributed by atoms with Gasteiger partial charge < -0.3 is 114 Å². The molecule has 2 rings (SSSR count). The first-order valence-electron chi connectivity index (χ1n) is 34.0. The number of nitrogens with one attached hydrogen (secondary N) is 11. The van der Waals surface area contributed by atoms with Gasteiger partial charge in [-0.1, -0.05) is 53.7 Å². The van der Waals surface area contributed by atoms with Gasteiger partial charge in [-0.25, -0.2) is 9.78 Å². The quantitative estimate of drug-likeness (QED) is 0.0169. The van der Waals surface area contributed by atoms with Crippen LogP contribution < -0.4 is 93.3 Å². The molecule has 0 aliphatic carbocycles. The monoisotopic (exact) mass is 1490 g/mol. The Labute approximate surface area is 607 Å². The number of amides is 12.